The van der Waals surface area contributed by atoms with E-state index in [0.717, 1.165) is 11.3 Å². The topological polar surface area (TPSA) is 89.0 Å². The lowest BCUT2D eigenvalue weighted by molar-refractivity contribution is -0.119. The van der Waals surface area contributed by atoms with Crippen molar-refractivity contribution in [3.8, 4) is 11.5 Å². The summed E-state index contributed by atoms with van der Waals surface area (Å²) in [4.78, 5) is 24.2. The molecule has 7 nitrogen and oxygen atoms in total. The lowest BCUT2D eigenvalue weighted by Crippen LogP contribution is -2.26. The highest BCUT2D eigenvalue weighted by molar-refractivity contribution is 5.91. The number of methoxy groups -OCH3 is 1. The van der Waals surface area contributed by atoms with Gasteiger partial charge in [0.1, 0.15) is 0 Å². The van der Waals surface area contributed by atoms with Crippen molar-refractivity contribution in [2.45, 2.75) is 6.92 Å². The van der Waals surface area contributed by atoms with Gasteiger partial charge in [0.2, 0.25) is 0 Å². The van der Waals surface area contributed by atoms with Crippen LogP contribution in [0.2, 0.25) is 0 Å². The standard InChI is InChI=1S/C24H23N3O4/c1-17-8-6-7-11-20(17)25-16-23(28)27-26-15-18-12-13-21(22(14-18)30-2)31-24(29)19-9-4-3-5-10-19/h3-15,25H,16H2,1-2H3,(H,27,28). The molecule has 7 heteroatoms. The van der Waals surface area contributed by atoms with E-state index in [9.17, 15) is 9.59 Å². The molecule has 0 aliphatic rings. The molecule has 3 aromatic carbocycles. The fourth-order valence-electron chi connectivity index (χ4n) is 2.75. The van der Waals surface area contributed by atoms with Crippen LogP contribution in [-0.2, 0) is 4.79 Å². The number of hydrogen-bond donors (Lipinski definition) is 2. The first-order chi connectivity index (χ1) is 15.1. The van der Waals surface area contributed by atoms with Crippen LogP contribution in [0.1, 0.15) is 21.5 Å². The van der Waals surface area contributed by atoms with E-state index in [-0.39, 0.29) is 12.5 Å². The number of carbonyl (C=O) groups is 2. The molecule has 0 heterocycles. The monoisotopic (exact) mass is 417 g/mol. The van der Waals surface area contributed by atoms with E-state index in [1.54, 1.807) is 42.5 Å². The normalized spacial score (nSPS) is 10.5. The molecule has 2 N–H and O–H groups in total. The first-order valence-electron chi connectivity index (χ1n) is 9.63. The Hall–Kier alpha value is -4.13. The van der Waals surface area contributed by atoms with Crippen molar-refractivity contribution in [2.75, 3.05) is 19.0 Å². The molecule has 0 spiro atoms. The number of para-hydroxylation sites is 1. The zero-order valence-corrected chi connectivity index (χ0v) is 17.3. The predicted molar refractivity (Wildman–Crippen MR) is 120 cm³/mol. The van der Waals surface area contributed by atoms with Gasteiger partial charge < -0.3 is 14.8 Å². The van der Waals surface area contributed by atoms with Gasteiger partial charge in [-0.3, -0.25) is 4.79 Å². The van der Waals surface area contributed by atoms with E-state index in [1.165, 1.54) is 13.3 Å². The van der Waals surface area contributed by atoms with Crippen molar-refractivity contribution < 1.29 is 19.1 Å². The summed E-state index contributed by atoms with van der Waals surface area (Å²) in [5.74, 6) is -0.0886. The molecule has 0 saturated carbocycles. The van der Waals surface area contributed by atoms with E-state index in [1.807, 2.05) is 37.3 Å². The third-order valence-electron chi connectivity index (χ3n) is 4.39. The predicted octanol–water partition coefficient (Wildman–Crippen LogP) is 3.79. The minimum Gasteiger partial charge on any atom is -0.493 e. The quantitative estimate of drug-likeness (QED) is 0.252. The zero-order chi connectivity index (χ0) is 22.1. The third-order valence-corrected chi connectivity index (χ3v) is 4.39. The Balaban J connectivity index is 1.56. The van der Waals surface area contributed by atoms with Crippen LogP contribution in [0.15, 0.2) is 77.9 Å². The molecule has 0 aliphatic heterocycles. The highest BCUT2D eigenvalue weighted by Crippen LogP contribution is 2.28. The molecule has 3 rings (SSSR count). The second-order valence-electron chi connectivity index (χ2n) is 6.63. The van der Waals surface area contributed by atoms with Gasteiger partial charge in [-0.1, -0.05) is 36.4 Å². The van der Waals surface area contributed by atoms with Crippen molar-refractivity contribution in [3.05, 3.63) is 89.5 Å². The van der Waals surface area contributed by atoms with Gasteiger partial charge in [-0.05, 0) is 54.4 Å². The lowest BCUT2D eigenvalue weighted by Gasteiger charge is -2.10. The van der Waals surface area contributed by atoms with Crippen molar-refractivity contribution in [1.82, 2.24) is 5.43 Å². The number of rotatable bonds is 8. The van der Waals surface area contributed by atoms with Gasteiger partial charge in [-0.15, -0.1) is 0 Å². The van der Waals surface area contributed by atoms with Gasteiger partial charge in [0, 0.05) is 5.69 Å². The molecule has 0 fully saturated rings. The zero-order valence-electron chi connectivity index (χ0n) is 17.3. The molecule has 0 aliphatic carbocycles. The van der Waals surface area contributed by atoms with Crippen LogP contribution in [-0.4, -0.2) is 31.7 Å². The SMILES string of the molecule is COc1cc(C=NNC(=O)CNc2ccccc2C)ccc1OC(=O)c1ccccc1. The molecule has 0 radical (unpaired) electrons. The smallest absolute Gasteiger partial charge is 0.343 e. The molecular weight excluding hydrogens is 394 g/mol. The van der Waals surface area contributed by atoms with Gasteiger partial charge in [0.05, 0.1) is 25.4 Å². The Morgan fingerprint density at radius 3 is 2.45 bits per heavy atom. The number of esters is 1. The maximum atomic E-state index is 12.2. The Labute approximate surface area is 180 Å². The number of nitrogens with one attached hydrogen (secondary N) is 2. The third kappa shape index (κ3) is 6.17. The van der Waals surface area contributed by atoms with Gasteiger partial charge in [-0.25, -0.2) is 10.2 Å². The number of amides is 1. The molecule has 3 aromatic rings. The Morgan fingerprint density at radius 1 is 0.968 bits per heavy atom. The van der Waals surface area contributed by atoms with E-state index in [2.05, 4.69) is 15.8 Å². The van der Waals surface area contributed by atoms with Crippen molar-refractivity contribution in [2.24, 2.45) is 5.10 Å². The van der Waals surface area contributed by atoms with Gasteiger partial charge in [0.25, 0.3) is 5.91 Å². The number of benzene rings is 3. The number of carbonyl (C=O) groups excluding carboxylic acids is 2. The van der Waals surface area contributed by atoms with E-state index >= 15 is 0 Å². The number of aryl methyl sites for hydroxylation is 1. The van der Waals surface area contributed by atoms with Crippen LogP contribution in [0.5, 0.6) is 11.5 Å². The summed E-state index contributed by atoms with van der Waals surface area (Å²) in [5.41, 5.74) is 5.53. The fraction of sp³-hybridized carbons (Fsp3) is 0.125. The van der Waals surface area contributed by atoms with Gasteiger partial charge in [-0.2, -0.15) is 5.10 Å². The molecule has 0 unspecified atom stereocenters. The molecule has 0 bridgehead atoms. The van der Waals surface area contributed by atoms with Crippen molar-refractivity contribution >= 4 is 23.8 Å². The number of anilines is 1. The summed E-state index contributed by atoms with van der Waals surface area (Å²) in [6, 6.07) is 21.4. The van der Waals surface area contributed by atoms with Gasteiger partial charge in [0.15, 0.2) is 11.5 Å². The second kappa shape index (κ2) is 10.6. The summed E-state index contributed by atoms with van der Waals surface area (Å²) >= 11 is 0. The Morgan fingerprint density at radius 2 is 1.71 bits per heavy atom. The average molecular weight is 417 g/mol. The Kier molecular flexibility index (Phi) is 7.37. The summed E-state index contributed by atoms with van der Waals surface area (Å²) in [7, 11) is 1.48. The fourth-order valence-corrected chi connectivity index (χ4v) is 2.75. The Bertz CT molecular complexity index is 1080. The van der Waals surface area contributed by atoms with Crippen molar-refractivity contribution in [3.63, 3.8) is 0 Å². The van der Waals surface area contributed by atoms with Crippen LogP contribution in [0, 0.1) is 6.92 Å². The lowest BCUT2D eigenvalue weighted by atomic mass is 10.2. The van der Waals surface area contributed by atoms with Crippen LogP contribution in [0.3, 0.4) is 0 Å². The number of hydrazone groups is 1. The maximum absolute atomic E-state index is 12.2. The second-order valence-corrected chi connectivity index (χ2v) is 6.63. The number of hydrogen-bond acceptors (Lipinski definition) is 6. The molecule has 0 aromatic heterocycles. The first-order valence-corrected chi connectivity index (χ1v) is 9.63. The van der Waals surface area contributed by atoms with Gasteiger partial charge >= 0.3 is 5.97 Å². The highest BCUT2D eigenvalue weighted by atomic mass is 16.6. The molecular formula is C24H23N3O4. The summed E-state index contributed by atoms with van der Waals surface area (Å²) < 4.78 is 10.7. The van der Waals surface area contributed by atoms with E-state index in [0.29, 0.717) is 22.6 Å². The summed E-state index contributed by atoms with van der Waals surface area (Å²) in [5, 5.41) is 7.03. The van der Waals surface area contributed by atoms with Crippen molar-refractivity contribution in [1.29, 1.82) is 0 Å². The van der Waals surface area contributed by atoms with Crippen LogP contribution in [0.4, 0.5) is 5.69 Å². The summed E-state index contributed by atoms with van der Waals surface area (Å²) in [6.45, 7) is 2.06. The molecule has 158 valence electrons. The highest BCUT2D eigenvalue weighted by Gasteiger charge is 2.12. The average Bonchev–Trinajstić information content (AvgIpc) is 2.80. The van der Waals surface area contributed by atoms with E-state index < -0.39 is 5.97 Å². The number of ether oxygens (including phenoxy) is 2. The van der Waals surface area contributed by atoms with Crippen LogP contribution in [0.25, 0.3) is 0 Å². The molecule has 0 saturated heterocycles. The molecule has 1 amide bonds. The van der Waals surface area contributed by atoms with Crippen LogP contribution < -0.4 is 20.2 Å². The summed E-state index contributed by atoms with van der Waals surface area (Å²) in [6.07, 6.45) is 1.48. The minimum absolute atomic E-state index is 0.0971. The maximum Gasteiger partial charge on any atom is 0.343 e. The largest absolute Gasteiger partial charge is 0.493 e. The number of nitrogens with zero attached hydrogens (tertiary/aromatic N) is 1. The molecule has 0 atom stereocenters. The minimum atomic E-state index is -0.478. The first kappa shape index (κ1) is 21.6. The van der Waals surface area contributed by atoms with Crippen LogP contribution >= 0.6 is 0 Å². The van der Waals surface area contributed by atoms with E-state index in [4.69, 9.17) is 9.47 Å². The molecule has 31 heavy (non-hydrogen) atoms.